The van der Waals surface area contributed by atoms with Gasteiger partial charge in [0.05, 0.1) is 6.42 Å². The number of benzene rings is 1. The molecule has 5 nitrogen and oxygen atoms in total. The van der Waals surface area contributed by atoms with Crippen LogP contribution in [0.15, 0.2) is 18.2 Å². The van der Waals surface area contributed by atoms with Gasteiger partial charge in [-0.2, -0.15) is 0 Å². The van der Waals surface area contributed by atoms with Crippen LogP contribution in [0.5, 0.6) is 11.5 Å². The summed E-state index contributed by atoms with van der Waals surface area (Å²) in [5.74, 6) is -0.528. The number of thiocarbonyl (C=S) groups is 1. The molecule has 0 aliphatic heterocycles. The molecular weight excluding hydrogens is 216 g/mol. The van der Waals surface area contributed by atoms with Crippen molar-refractivity contribution in [1.82, 2.24) is 5.32 Å². The van der Waals surface area contributed by atoms with Gasteiger partial charge in [0, 0.05) is 5.56 Å². The summed E-state index contributed by atoms with van der Waals surface area (Å²) in [6.45, 7) is 0. The van der Waals surface area contributed by atoms with Gasteiger partial charge in [0.2, 0.25) is 5.91 Å². The van der Waals surface area contributed by atoms with Crippen LogP contribution < -0.4 is 11.1 Å². The second-order valence-corrected chi connectivity index (χ2v) is 3.34. The molecule has 0 spiro atoms. The number of carbonyl (C=O) groups is 1. The Labute approximate surface area is 91.5 Å². The third kappa shape index (κ3) is 3.43. The molecule has 15 heavy (non-hydrogen) atoms. The molecule has 0 aromatic heterocycles. The van der Waals surface area contributed by atoms with E-state index in [4.69, 9.17) is 10.8 Å². The predicted molar refractivity (Wildman–Crippen MR) is 58.4 cm³/mol. The zero-order valence-corrected chi connectivity index (χ0v) is 8.54. The van der Waals surface area contributed by atoms with Gasteiger partial charge in [-0.15, -0.1) is 0 Å². The normalized spacial score (nSPS) is 9.60. The Hall–Kier alpha value is -1.82. The second kappa shape index (κ2) is 4.61. The monoisotopic (exact) mass is 226 g/mol. The van der Waals surface area contributed by atoms with Crippen LogP contribution in [-0.4, -0.2) is 21.2 Å². The molecule has 5 N–H and O–H groups in total. The lowest BCUT2D eigenvalue weighted by Gasteiger charge is -2.05. The van der Waals surface area contributed by atoms with Crippen molar-refractivity contribution in [2.75, 3.05) is 0 Å². The fourth-order valence-corrected chi connectivity index (χ4v) is 1.18. The highest BCUT2D eigenvalue weighted by Crippen LogP contribution is 2.22. The van der Waals surface area contributed by atoms with Crippen molar-refractivity contribution in [3.8, 4) is 11.5 Å². The minimum atomic E-state index is -0.441. The van der Waals surface area contributed by atoms with Crippen LogP contribution in [0, 0.1) is 0 Å². The maximum atomic E-state index is 11.2. The van der Waals surface area contributed by atoms with Crippen molar-refractivity contribution < 1.29 is 15.0 Å². The number of hydrogen-bond donors (Lipinski definition) is 4. The SMILES string of the molecule is NC(=S)NC(=O)Cc1cc(O)ccc1O. The summed E-state index contributed by atoms with van der Waals surface area (Å²) in [5.41, 5.74) is 5.41. The van der Waals surface area contributed by atoms with Gasteiger partial charge in [-0.1, -0.05) is 0 Å². The molecule has 0 atom stereocenters. The number of aromatic hydroxyl groups is 2. The van der Waals surface area contributed by atoms with Gasteiger partial charge in [-0.25, -0.2) is 0 Å². The summed E-state index contributed by atoms with van der Waals surface area (Å²) in [6, 6.07) is 3.93. The standard InChI is InChI=1S/C9H10N2O3S/c10-9(15)11-8(14)4-5-3-6(12)1-2-7(5)13/h1-3,12-13H,4H2,(H3,10,11,14,15). The first kappa shape index (κ1) is 11.3. The molecule has 0 unspecified atom stereocenters. The van der Waals surface area contributed by atoms with Crippen LogP contribution in [0.2, 0.25) is 0 Å². The fraction of sp³-hybridized carbons (Fsp3) is 0.111. The van der Waals surface area contributed by atoms with E-state index in [0.717, 1.165) is 0 Å². The van der Waals surface area contributed by atoms with Crippen molar-refractivity contribution in [3.05, 3.63) is 23.8 Å². The van der Waals surface area contributed by atoms with Crippen molar-refractivity contribution in [2.45, 2.75) is 6.42 Å². The molecule has 6 heteroatoms. The number of nitrogens with two attached hydrogens (primary N) is 1. The minimum absolute atomic E-state index is 0.0223. The van der Waals surface area contributed by atoms with Crippen molar-refractivity contribution in [1.29, 1.82) is 0 Å². The maximum absolute atomic E-state index is 11.2. The molecule has 80 valence electrons. The third-order valence-electron chi connectivity index (χ3n) is 1.68. The van der Waals surface area contributed by atoms with E-state index in [0.29, 0.717) is 5.56 Å². The first-order chi connectivity index (χ1) is 6.99. The predicted octanol–water partition coefficient (Wildman–Crippen LogP) is 0.0001000. The fourth-order valence-electron chi connectivity index (χ4n) is 1.07. The van der Waals surface area contributed by atoms with Gasteiger partial charge in [-0.3, -0.25) is 4.79 Å². The number of carbonyl (C=O) groups excluding carboxylic acids is 1. The first-order valence-electron chi connectivity index (χ1n) is 4.09. The maximum Gasteiger partial charge on any atom is 0.230 e. The molecule has 1 aromatic carbocycles. The average Bonchev–Trinajstić information content (AvgIpc) is 2.10. The Morgan fingerprint density at radius 1 is 1.47 bits per heavy atom. The molecule has 0 heterocycles. The van der Waals surface area contributed by atoms with Crippen LogP contribution in [-0.2, 0) is 11.2 Å². The Bertz CT molecular complexity index is 406. The Morgan fingerprint density at radius 3 is 2.73 bits per heavy atom. The minimum Gasteiger partial charge on any atom is -0.508 e. The Kier molecular flexibility index (Phi) is 3.46. The zero-order chi connectivity index (χ0) is 11.4. The van der Waals surface area contributed by atoms with E-state index in [9.17, 15) is 9.90 Å². The Balaban J connectivity index is 2.76. The number of phenols is 2. The zero-order valence-electron chi connectivity index (χ0n) is 7.73. The van der Waals surface area contributed by atoms with Crippen molar-refractivity contribution in [3.63, 3.8) is 0 Å². The topological polar surface area (TPSA) is 95.6 Å². The van der Waals surface area contributed by atoms with E-state index >= 15 is 0 Å². The molecule has 0 saturated heterocycles. The summed E-state index contributed by atoms with van der Waals surface area (Å²) in [5, 5.41) is 20.6. The summed E-state index contributed by atoms with van der Waals surface area (Å²) >= 11 is 4.48. The van der Waals surface area contributed by atoms with Crippen molar-refractivity contribution >= 4 is 23.2 Å². The molecule has 1 aromatic rings. The lowest BCUT2D eigenvalue weighted by atomic mass is 10.1. The van der Waals surface area contributed by atoms with E-state index in [1.54, 1.807) is 0 Å². The van der Waals surface area contributed by atoms with E-state index in [-0.39, 0.29) is 23.0 Å². The largest absolute Gasteiger partial charge is 0.508 e. The molecule has 0 aliphatic carbocycles. The summed E-state index contributed by atoms with van der Waals surface area (Å²) in [4.78, 5) is 11.2. The number of amides is 1. The van der Waals surface area contributed by atoms with Crippen LogP contribution >= 0.6 is 12.2 Å². The van der Waals surface area contributed by atoms with E-state index in [1.807, 2.05) is 0 Å². The van der Waals surface area contributed by atoms with Crippen LogP contribution in [0.4, 0.5) is 0 Å². The van der Waals surface area contributed by atoms with Gasteiger partial charge < -0.3 is 21.3 Å². The molecule has 0 aliphatic rings. The van der Waals surface area contributed by atoms with E-state index in [2.05, 4.69) is 17.5 Å². The summed E-state index contributed by atoms with van der Waals surface area (Å²) < 4.78 is 0. The van der Waals surface area contributed by atoms with Gasteiger partial charge in [0.15, 0.2) is 5.11 Å². The lowest BCUT2D eigenvalue weighted by molar-refractivity contribution is -0.119. The third-order valence-corrected chi connectivity index (χ3v) is 1.78. The highest BCUT2D eigenvalue weighted by molar-refractivity contribution is 7.80. The van der Waals surface area contributed by atoms with Crippen LogP contribution in [0.25, 0.3) is 0 Å². The van der Waals surface area contributed by atoms with Crippen LogP contribution in [0.3, 0.4) is 0 Å². The molecule has 0 saturated carbocycles. The molecule has 1 rings (SSSR count). The molecule has 0 bridgehead atoms. The summed E-state index contributed by atoms with van der Waals surface area (Å²) in [7, 11) is 0. The average molecular weight is 226 g/mol. The van der Waals surface area contributed by atoms with Gasteiger partial charge in [-0.05, 0) is 30.4 Å². The lowest BCUT2D eigenvalue weighted by Crippen LogP contribution is -2.35. The number of nitrogens with one attached hydrogen (secondary N) is 1. The van der Waals surface area contributed by atoms with Crippen LogP contribution in [0.1, 0.15) is 5.56 Å². The van der Waals surface area contributed by atoms with Gasteiger partial charge in [0.25, 0.3) is 0 Å². The van der Waals surface area contributed by atoms with E-state index in [1.165, 1.54) is 18.2 Å². The van der Waals surface area contributed by atoms with E-state index < -0.39 is 5.91 Å². The molecular formula is C9H10N2O3S. The molecule has 0 fully saturated rings. The smallest absolute Gasteiger partial charge is 0.230 e. The number of hydrogen-bond acceptors (Lipinski definition) is 4. The Morgan fingerprint density at radius 2 is 2.13 bits per heavy atom. The second-order valence-electron chi connectivity index (χ2n) is 2.90. The number of rotatable bonds is 2. The summed E-state index contributed by atoms with van der Waals surface area (Å²) in [6.07, 6.45) is -0.0996. The van der Waals surface area contributed by atoms with Gasteiger partial charge >= 0.3 is 0 Å². The molecule has 1 amide bonds. The highest BCUT2D eigenvalue weighted by atomic mass is 32.1. The van der Waals surface area contributed by atoms with Crippen molar-refractivity contribution in [2.24, 2.45) is 5.73 Å². The quantitative estimate of drug-likeness (QED) is 0.420. The first-order valence-corrected chi connectivity index (χ1v) is 4.50. The van der Waals surface area contributed by atoms with Gasteiger partial charge in [0.1, 0.15) is 11.5 Å². The number of phenolic OH excluding ortho intramolecular Hbond substituents is 2. The highest BCUT2D eigenvalue weighted by Gasteiger charge is 2.08. The molecule has 0 radical (unpaired) electrons.